The molecule has 0 spiro atoms. The summed E-state index contributed by atoms with van der Waals surface area (Å²) in [5.41, 5.74) is 2.53. The number of aryl methyl sites for hydroxylation is 2. The van der Waals surface area contributed by atoms with Crippen LogP contribution in [0.15, 0.2) is 6.07 Å². The van der Waals surface area contributed by atoms with Crippen LogP contribution >= 0.6 is 0 Å². The zero-order valence-electron chi connectivity index (χ0n) is 11.3. The van der Waals surface area contributed by atoms with Crippen molar-refractivity contribution in [1.29, 1.82) is 0 Å². The molecule has 0 radical (unpaired) electrons. The summed E-state index contributed by atoms with van der Waals surface area (Å²) in [6.07, 6.45) is 0. The van der Waals surface area contributed by atoms with Crippen molar-refractivity contribution >= 4 is 11.8 Å². The molecule has 0 saturated carbocycles. The van der Waals surface area contributed by atoms with Crippen molar-refractivity contribution in [3.05, 3.63) is 23.0 Å². The Morgan fingerprint density at radius 2 is 1.79 bits per heavy atom. The van der Waals surface area contributed by atoms with E-state index in [-0.39, 0.29) is 11.8 Å². The Labute approximate surface area is 112 Å². The topological polar surface area (TPSA) is 76.6 Å². The molecule has 1 aromatic rings. The van der Waals surface area contributed by atoms with Crippen molar-refractivity contribution in [2.75, 3.05) is 32.8 Å². The standard InChI is InChI=1S/C13H19N3O3/c1-9-7-10(2)14-12(9)13(19)16-5-3-15(4-6-16)11(18)8-17/h7,14,17H,3-6,8H2,1-2H3. The lowest BCUT2D eigenvalue weighted by molar-refractivity contribution is -0.135. The summed E-state index contributed by atoms with van der Waals surface area (Å²) < 4.78 is 0. The van der Waals surface area contributed by atoms with Crippen LogP contribution in [0.2, 0.25) is 0 Å². The summed E-state index contributed by atoms with van der Waals surface area (Å²) in [5, 5.41) is 8.80. The molecule has 1 aliphatic heterocycles. The van der Waals surface area contributed by atoms with E-state index < -0.39 is 6.61 Å². The number of aliphatic hydroxyl groups excluding tert-OH is 1. The third-order valence-corrected chi connectivity index (χ3v) is 3.42. The molecule has 19 heavy (non-hydrogen) atoms. The van der Waals surface area contributed by atoms with Crippen LogP contribution in [0.3, 0.4) is 0 Å². The second-order valence-corrected chi connectivity index (χ2v) is 4.84. The van der Waals surface area contributed by atoms with Crippen molar-refractivity contribution in [2.24, 2.45) is 0 Å². The third kappa shape index (κ3) is 2.78. The number of hydrogen-bond acceptors (Lipinski definition) is 3. The van der Waals surface area contributed by atoms with Crippen molar-refractivity contribution < 1.29 is 14.7 Å². The SMILES string of the molecule is Cc1cc(C)c(C(=O)N2CCN(C(=O)CO)CC2)[nH]1. The number of rotatable bonds is 2. The Balaban J connectivity index is 2.00. The number of aromatic nitrogens is 1. The first-order valence-corrected chi connectivity index (χ1v) is 6.37. The zero-order chi connectivity index (χ0) is 14.0. The van der Waals surface area contributed by atoms with Gasteiger partial charge < -0.3 is 19.9 Å². The van der Waals surface area contributed by atoms with E-state index in [0.29, 0.717) is 31.9 Å². The molecule has 1 saturated heterocycles. The Morgan fingerprint density at radius 1 is 1.21 bits per heavy atom. The minimum absolute atomic E-state index is 0.0262. The largest absolute Gasteiger partial charge is 0.387 e. The fraction of sp³-hybridized carbons (Fsp3) is 0.538. The van der Waals surface area contributed by atoms with Crippen LogP contribution in [0.1, 0.15) is 21.7 Å². The summed E-state index contributed by atoms with van der Waals surface area (Å²) in [6.45, 7) is 5.31. The van der Waals surface area contributed by atoms with Crippen molar-refractivity contribution in [2.45, 2.75) is 13.8 Å². The Kier molecular flexibility index (Phi) is 3.90. The lowest BCUT2D eigenvalue weighted by atomic mass is 10.2. The van der Waals surface area contributed by atoms with Gasteiger partial charge in [-0.05, 0) is 25.5 Å². The molecular weight excluding hydrogens is 246 g/mol. The van der Waals surface area contributed by atoms with Gasteiger partial charge in [-0.2, -0.15) is 0 Å². The van der Waals surface area contributed by atoms with Gasteiger partial charge in [-0.1, -0.05) is 0 Å². The molecule has 0 aromatic carbocycles. The number of aromatic amines is 1. The lowest BCUT2D eigenvalue weighted by Crippen LogP contribution is -2.51. The molecule has 104 valence electrons. The van der Waals surface area contributed by atoms with Crippen LogP contribution < -0.4 is 0 Å². The lowest BCUT2D eigenvalue weighted by Gasteiger charge is -2.34. The van der Waals surface area contributed by atoms with Gasteiger partial charge in [0, 0.05) is 31.9 Å². The van der Waals surface area contributed by atoms with Crippen LogP contribution in [0.5, 0.6) is 0 Å². The molecule has 1 fully saturated rings. The quantitative estimate of drug-likeness (QED) is 0.784. The molecule has 2 rings (SSSR count). The van der Waals surface area contributed by atoms with Gasteiger partial charge in [0.1, 0.15) is 12.3 Å². The second-order valence-electron chi connectivity index (χ2n) is 4.84. The van der Waals surface area contributed by atoms with E-state index in [1.165, 1.54) is 0 Å². The zero-order valence-corrected chi connectivity index (χ0v) is 11.3. The molecule has 2 heterocycles. The Hall–Kier alpha value is -1.82. The molecule has 2 N–H and O–H groups in total. The van der Waals surface area contributed by atoms with Crippen molar-refractivity contribution in [3.8, 4) is 0 Å². The Morgan fingerprint density at radius 3 is 2.26 bits per heavy atom. The summed E-state index contributed by atoms with van der Waals surface area (Å²) in [6, 6.07) is 1.94. The number of nitrogens with zero attached hydrogens (tertiary/aromatic N) is 2. The molecule has 6 heteroatoms. The van der Waals surface area contributed by atoms with Gasteiger partial charge in [0.05, 0.1) is 0 Å². The highest BCUT2D eigenvalue weighted by Gasteiger charge is 2.25. The minimum Gasteiger partial charge on any atom is -0.387 e. The van der Waals surface area contributed by atoms with Gasteiger partial charge in [0.25, 0.3) is 5.91 Å². The fourth-order valence-corrected chi connectivity index (χ4v) is 2.37. The van der Waals surface area contributed by atoms with Gasteiger partial charge in [-0.3, -0.25) is 9.59 Å². The normalized spacial score (nSPS) is 15.7. The van der Waals surface area contributed by atoms with E-state index in [1.807, 2.05) is 19.9 Å². The molecule has 6 nitrogen and oxygen atoms in total. The highest BCUT2D eigenvalue weighted by Crippen LogP contribution is 2.13. The highest BCUT2D eigenvalue weighted by atomic mass is 16.3. The Bertz CT molecular complexity index is 487. The maximum atomic E-state index is 12.3. The van der Waals surface area contributed by atoms with E-state index in [0.717, 1.165) is 11.3 Å². The second kappa shape index (κ2) is 5.44. The molecular formula is C13H19N3O3. The van der Waals surface area contributed by atoms with Gasteiger partial charge in [-0.15, -0.1) is 0 Å². The number of piperazine rings is 1. The van der Waals surface area contributed by atoms with Gasteiger partial charge >= 0.3 is 0 Å². The third-order valence-electron chi connectivity index (χ3n) is 3.42. The number of carbonyl (C=O) groups is 2. The average Bonchev–Trinajstić information content (AvgIpc) is 2.76. The highest BCUT2D eigenvalue weighted by molar-refractivity contribution is 5.94. The molecule has 0 atom stereocenters. The number of H-pyrrole nitrogens is 1. The first-order valence-electron chi connectivity index (χ1n) is 6.37. The van der Waals surface area contributed by atoms with Crippen LogP contribution in [0, 0.1) is 13.8 Å². The maximum Gasteiger partial charge on any atom is 0.270 e. The van der Waals surface area contributed by atoms with Crippen LogP contribution in [-0.2, 0) is 4.79 Å². The molecule has 0 unspecified atom stereocenters. The summed E-state index contributed by atoms with van der Waals surface area (Å²) in [7, 11) is 0. The number of amides is 2. The van der Waals surface area contributed by atoms with E-state index in [9.17, 15) is 9.59 Å². The maximum absolute atomic E-state index is 12.3. The predicted octanol–water partition coefficient (Wildman–Crippen LogP) is -0.0918. The average molecular weight is 265 g/mol. The number of hydrogen-bond donors (Lipinski definition) is 2. The van der Waals surface area contributed by atoms with Crippen molar-refractivity contribution in [3.63, 3.8) is 0 Å². The van der Waals surface area contributed by atoms with Crippen LogP contribution in [0.25, 0.3) is 0 Å². The molecule has 2 amide bonds. The van der Waals surface area contributed by atoms with Gasteiger partial charge in [-0.25, -0.2) is 0 Å². The van der Waals surface area contributed by atoms with Crippen molar-refractivity contribution in [1.82, 2.24) is 14.8 Å². The number of nitrogens with one attached hydrogen (secondary N) is 1. The minimum atomic E-state index is -0.469. The number of aliphatic hydroxyl groups is 1. The first kappa shape index (κ1) is 13.6. The summed E-state index contributed by atoms with van der Waals surface area (Å²) in [4.78, 5) is 30.0. The number of carbonyl (C=O) groups excluding carboxylic acids is 2. The van der Waals surface area contributed by atoms with Gasteiger partial charge in [0.15, 0.2) is 0 Å². The van der Waals surface area contributed by atoms with Gasteiger partial charge in [0.2, 0.25) is 5.91 Å². The van der Waals surface area contributed by atoms with Crippen LogP contribution in [-0.4, -0.2) is 64.5 Å². The van der Waals surface area contributed by atoms with Crippen LogP contribution in [0.4, 0.5) is 0 Å². The molecule has 0 bridgehead atoms. The molecule has 0 aliphatic carbocycles. The summed E-state index contributed by atoms with van der Waals surface area (Å²) in [5.74, 6) is -0.305. The molecule has 1 aliphatic rings. The summed E-state index contributed by atoms with van der Waals surface area (Å²) >= 11 is 0. The predicted molar refractivity (Wildman–Crippen MR) is 69.8 cm³/mol. The fourth-order valence-electron chi connectivity index (χ4n) is 2.37. The van der Waals surface area contributed by atoms with E-state index in [2.05, 4.69) is 4.98 Å². The van der Waals surface area contributed by atoms with E-state index in [4.69, 9.17) is 5.11 Å². The first-order chi connectivity index (χ1) is 9.02. The smallest absolute Gasteiger partial charge is 0.270 e. The monoisotopic (exact) mass is 265 g/mol. The molecule has 1 aromatic heterocycles. The van der Waals surface area contributed by atoms with E-state index >= 15 is 0 Å². The van der Waals surface area contributed by atoms with E-state index in [1.54, 1.807) is 9.80 Å².